The lowest BCUT2D eigenvalue weighted by molar-refractivity contribution is -0.111. The zero-order valence-corrected chi connectivity index (χ0v) is 8.00. The van der Waals surface area contributed by atoms with Crippen molar-refractivity contribution in [1.82, 2.24) is 0 Å². The van der Waals surface area contributed by atoms with Gasteiger partial charge < -0.3 is 9.47 Å². The van der Waals surface area contributed by atoms with E-state index in [-0.39, 0.29) is 6.29 Å². The number of ether oxygens (including phenoxy) is 2. The van der Waals surface area contributed by atoms with E-state index in [0.717, 1.165) is 45.3 Å². The lowest BCUT2D eigenvalue weighted by Gasteiger charge is -2.09. The van der Waals surface area contributed by atoms with Gasteiger partial charge in [-0.05, 0) is 19.3 Å². The minimum Gasteiger partial charge on any atom is -0.353 e. The van der Waals surface area contributed by atoms with Crippen LogP contribution >= 0.6 is 0 Å². The van der Waals surface area contributed by atoms with Crippen LogP contribution in [0, 0.1) is 11.3 Å². The summed E-state index contributed by atoms with van der Waals surface area (Å²) in [5.41, 5.74) is 0. The standard InChI is InChI=1S/C10H17NO2/c11-7-3-1-2-4-8-12-10-6-5-9-13-10/h10H,1-6,8-9H2. The maximum Gasteiger partial charge on any atom is 0.157 e. The molecular weight excluding hydrogens is 166 g/mol. The van der Waals surface area contributed by atoms with E-state index in [1.165, 1.54) is 0 Å². The second-order valence-corrected chi connectivity index (χ2v) is 3.28. The van der Waals surface area contributed by atoms with Gasteiger partial charge in [-0.1, -0.05) is 6.42 Å². The van der Waals surface area contributed by atoms with E-state index in [4.69, 9.17) is 14.7 Å². The van der Waals surface area contributed by atoms with Crippen molar-refractivity contribution in [1.29, 1.82) is 5.26 Å². The van der Waals surface area contributed by atoms with E-state index >= 15 is 0 Å². The maximum absolute atomic E-state index is 8.29. The molecule has 0 spiro atoms. The van der Waals surface area contributed by atoms with E-state index in [1.807, 2.05) is 0 Å². The minimum atomic E-state index is 0.0518. The number of hydrogen-bond donors (Lipinski definition) is 0. The quantitative estimate of drug-likeness (QED) is 0.593. The van der Waals surface area contributed by atoms with Crippen molar-refractivity contribution in [3.05, 3.63) is 0 Å². The van der Waals surface area contributed by atoms with Gasteiger partial charge in [0.25, 0.3) is 0 Å². The molecule has 0 saturated carbocycles. The van der Waals surface area contributed by atoms with Gasteiger partial charge in [-0.15, -0.1) is 0 Å². The van der Waals surface area contributed by atoms with Gasteiger partial charge in [-0.2, -0.15) is 5.26 Å². The van der Waals surface area contributed by atoms with Crippen LogP contribution in [0.15, 0.2) is 0 Å². The molecule has 74 valence electrons. The molecule has 0 aromatic carbocycles. The van der Waals surface area contributed by atoms with Crippen LogP contribution in [0.3, 0.4) is 0 Å². The van der Waals surface area contributed by atoms with Gasteiger partial charge in [0.2, 0.25) is 0 Å². The molecule has 0 bridgehead atoms. The maximum atomic E-state index is 8.29. The van der Waals surface area contributed by atoms with E-state index in [2.05, 4.69) is 6.07 Å². The van der Waals surface area contributed by atoms with Gasteiger partial charge in [0.15, 0.2) is 6.29 Å². The second-order valence-electron chi connectivity index (χ2n) is 3.28. The Morgan fingerprint density at radius 3 is 3.00 bits per heavy atom. The fourth-order valence-electron chi connectivity index (χ4n) is 1.38. The first-order chi connectivity index (χ1) is 6.43. The molecule has 0 radical (unpaired) electrons. The van der Waals surface area contributed by atoms with Crippen molar-refractivity contribution in [2.24, 2.45) is 0 Å². The predicted molar refractivity (Wildman–Crippen MR) is 49.0 cm³/mol. The number of nitriles is 1. The minimum absolute atomic E-state index is 0.0518. The first-order valence-corrected chi connectivity index (χ1v) is 5.03. The molecule has 0 amide bonds. The van der Waals surface area contributed by atoms with Gasteiger partial charge >= 0.3 is 0 Å². The van der Waals surface area contributed by atoms with E-state index in [0.29, 0.717) is 6.42 Å². The normalized spacial score (nSPS) is 21.6. The summed E-state index contributed by atoms with van der Waals surface area (Å²) in [6.45, 7) is 1.62. The molecule has 1 unspecified atom stereocenters. The fraction of sp³-hybridized carbons (Fsp3) is 0.900. The summed E-state index contributed by atoms with van der Waals surface area (Å²) in [7, 11) is 0. The summed E-state index contributed by atoms with van der Waals surface area (Å²) in [6.07, 6.45) is 6.00. The second kappa shape index (κ2) is 6.88. The van der Waals surface area contributed by atoms with Gasteiger partial charge in [0.1, 0.15) is 0 Å². The number of rotatable bonds is 6. The molecule has 1 fully saturated rings. The monoisotopic (exact) mass is 183 g/mol. The van der Waals surface area contributed by atoms with Gasteiger partial charge in [0.05, 0.1) is 6.07 Å². The third-order valence-electron chi connectivity index (χ3n) is 2.12. The smallest absolute Gasteiger partial charge is 0.157 e. The highest BCUT2D eigenvalue weighted by Crippen LogP contribution is 2.13. The Bertz CT molecular complexity index is 159. The Labute approximate surface area is 79.6 Å². The SMILES string of the molecule is N#CCCCCCOC1CCCO1. The summed E-state index contributed by atoms with van der Waals surface area (Å²) in [5.74, 6) is 0. The molecular formula is C10H17NO2. The van der Waals surface area contributed by atoms with Crippen LogP contribution in [0.25, 0.3) is 0 Å². The molecule has 3 nitrogen and oxygen atoms in total. The molecule has 0 aromatic rings. The summed E-state index contributed by atoms with van der Waals surface area (Å²) in [6, 6.07) is 2.13. The third kappa shape index (κ3) is 4.87. The van der Waals surface area contributed by atoms with Crippen molar-refractivity contribution in [2.45, 2.75) is 44.8 Å². The molecule has 0 N–H and O–H groups in total. The molecule has 3 heteroatoms. The van der Waals surface area contributed by atoms with Crippen LogP contribution in [0.5, 0.6) is 0 Å². The van der Waals surface area contributed by atoms with E-state index in [1.54, 1.807) is 0 Å². The van der Waals surface area contributed by atoms with Crippen molar-refractivity contribution < 1.29 is 9.47 Å². The molecule has 1 aliphatic heterocycles. The summed E-state index contributed by atoms with van der Waals surface area (Å²) in [5, 5.41) is 8.29. The molecule has 1 rings (SSSR count). The van der Waals surface area contributed by atoms with E-state index < -0.39 is 0 Å². The zero-order chi connectivity index (χ0) is 9.36. The molecule has 1 saturated heterocycles. The summed E-state index contributed by atoms with van der Waals surface area (Å²) < 4.78 is 10.8. The summed E-state index contributed by atoms with van der Waals surface area (Å²) >= 11 is 0. The molecule has 13 heavy (non-hydrogen) atoms. The largest absolute Gasteiger partial charge is 0.353 e. The molecule has 1 aliphatic rings. The van der Waals surface area contributed by atoms with E-state index in [9.17, 15) is 0 Å². The Hall–Kier alpha value is -0.590. The number of hydrogen-bond acceptors (Lipinski definition) is 3. The Morgan fingerprint density at radius 2 is 2.31 bits per heavy atom. The van der Waals surface area contributed by atoms with Gasteiger partial charge in [-0.25, -0.2) is 0 Å². The topological polar surface area (TPSA) is 42.2 Å². The van der Waals surface area contributed by atoms with Crippen molar-refractivity contribution >= 4 is 0 Å². The average molecular weight is 183 g/mol. The van der Waals surface area contributed by atoms with Crippen LogP contribution in [0.1, 0.15) is 38.5 Å². The van der Waals surface area contributed by atoms with Crippen molar-refractivity contribution in [2.75, 3.05) is 13.2 Å². The highest BCUT2D eigenvalue weighted by atomic mass is 16.7. The highest BCUT2D eigenvalue weighted by molar-refractivity contribution is 4.67. The predicted octanol–water partition coefficient (Wildman–Crippen LogP) is 2.22. The summed E-state index contributed by atoms with van der Waals surface area (Å²) in [4.78, 5) is 0. The van der Waals surface area contributed by atoms with Gasteiger partial charge in [0, 0.05) is 26.1 Å². The van der Waals surface area contributed by atoms with Crippen LogP contribution in [-0.2, 0) is 9.47 Å². The zero-order valence-electron chi connectivity index (χ0n) is 8.00. The van der Waals surface area contributed by atoms with Crippen LogP contribution < -0.4 is 0 Å². The first kappa shape index (κ1) is 10.5. The first-order valence-electron chi connectivity index (χ1n) is 5.03. The molecule has 1 atom stereocenters. The van der Waals surface area contributed by atoms with Crippen LogP contribution in [0.4, 0.5) is 0 Å². The Morgan fingerprint density at radius 1 is 1.38 bits per heavy atom. The van der Waals surface area contributed by atoms with Crippen LogP contribution in [-0.4, -0.2) is 19.5 Å². The third-order valence-corrected chi connectivity index (χ3v) is 2.12. The molecule has 0 aromatic heterocycles. The number of unbranched alkanes of at least 4 members (excludes halogenated alkanes) is 3. The molecule has 1 heterocycles. The Balaban J connectivity index is 1.81. The fourth-order valence-corrected chi connectivity index (χ4v) is 1.38. The number of nitrogens with zero attached hydrogens (tertiary/aromatic N) is 1. The van der Waals surface area contributed by atoms with Crippen molar-refractivity contribution in [3.63, 3.8) is 0 Å². The average Bonchev–Trinajstić information content (AvgIpc) is 2.63. The highest BCUT2D eigenvalue weighted by Gasteiger charge is 2.14. The lowest BCUT2D eigenvalue weighted by Crippen LogP contribution is -2.11. The van der Waals surface area contributed by atoms with Crippen molar-refractivity contribution in [3.8, 4) is 6.07 Å². The lowest BCUT2D eigenvalue weighted by atomic mass is 10.2. The van der Waals surface area contributed by atoms with Crippen LogP contribution in [0.2, 0.25) is 0 Å². The Kier molecular flexibility index (Phi) is 5.55. The molecule has 0 aliphatic carbocycles. The van der Waals surface area contributed by atoms with Gasteiger partial charge in [-0.3, -0.25) is 0 Å².